The molecule has 0 bridgehead atoms. The zero-order valence-electron chi connectivity index (χ0n) is 32.3. The van der Waals surface area contributed by atoms with Gasteiger partial charge in [-0.2, -0.15) is 5.26 Å². The highest BCUT2D eigenvalue weighted by Gasteiger charge is 2.17. The summed E-state index contributed by atoms with van der Waals surface area (Å²) in [5.41, 5.74) is 7.72. The summed E-state index contributed by atoms with van der Waals surface area (Å²) in [6, 6.07) is 70.9. The molecule has 0 atom stereocenters. The number of hydrogen-bond donors (Lipinski definition) is 0. The van der Waals surface area contributed by atoms with E-state index in [2.05, 4.69) is 140 Å². The first kappa shape index (κ1) is 33.8. The number of benzene rings is 10. The Balaban J connectivity index is 0.989. The summed E-state index contributed by atoms with van der Waals surface area (Å²) >= 11 is 0. The molecule has 0 saturated carbocycles. The van der Waals surface area contributed by atoms with Gasteiger partial charge < -0.3 is 0 Å². The average Bonchev–Trinajstić information content (AvgIpc) is 3.32. The first-order valence-electron chi connectivity index (χ1n) is 20.1. The predicted octanol–water partition coefficient (Wildman–Crippen LogP) is 14.4. The first-order chi connectivity index (χ1) is 29.7. The zero-order chi connectivity index (χ0) is 39.7. The fourth-order valence-corrected chi connectivity index (χ4v) is 9.19. The molecule has 11 aromatic carbocycles. The van der Waals surface area contributed by atoms with Crippen LogP contribution in [0.5, 0.6) is 0 Å². The molecule has 0 amide bonds. The minimum Gasteiger partial charge on any atom is -0.208 e. The van der Waals surface area contributed by atoms with E-state index in [-0.39, 0.29) is 0 Å². The molecule has 12 rings (SSSR count). The monoisotopic (exact) mass is 760 g/mol. The molecule has 0 aliphatic rings. The van der Waals surface area contributed by atoms with E-state index in [4.69, 9.17) is 15.0 Å². The van der Waals surface area contributed by atoms with Crippen molar-refractivity contribution in [2.24, 2.45) is 0 Å². The van der Waals surface area contributed by atoms with E-state index in [1.807, 2.05) is 48.5 Å². The van der Waals surface area contributed by atoms with Crippen LogP contribution in [0.2, 0.25) is 0 Å². The number of nitriles is 1. The maximum absolute atomic E-state index is 9.37. The molecule has 0 saturated heterocycles. The Bertz CT molecular complexity index is 3690. The number of aromatic nitrogens is 3. The second-order valence-corrected chi connectivity index (χ2v) is 15.5. The Morgan fingerprint density at radius 2 is 0.717 bits per heavy atom. The summed E-state index contributed by atoms with van der Waals surface area (Å²) < 4.78 is 0. The van der Waals surface area contributed by atoms with Gasteiger partial charge in [0.25, 0.3) is 0 Å². The SMILES string of the molecule is N#Cc1ccc(-c2nc(-c3ccccc3)nc(-c3cccc(-c4ccc(-c5cc6ccc7cccc8c9cccc%10ccc%11cccc(c(c5)c6c78)c%11c%109)cc4)c3)n2)cc1. The molecule has 0 aliphatic carbocycles. The van der Waals surface area contributed by atoms with Gasteiger partial charge in [-0.25, -0.2) is 15.0 Å². The number of fused-ring (bicyclic) bond motifs is 2. The van der Waals surface area contributed by atoms with Crippen LogP contribution in [0.3, 0.4) is 0 Å². The number of rotatable bonds is 5. The van der Waals surface area contributed by atoms with Gasteiger partial charge in [0.2, 0.25) is 0 Å². The summed E-state index contributed by atoms with van der Waals surface area (Å²) in [7, 11) is 0. The summed E-state index contributed by atoms with van der Waals surface area (Å²) in [4.78, 5) is 14.8. The lowest BCUT2D eigenvalue weighted by Gasteiger charge is -2.17. The molecule has 0 unspecified atom stereocenters. The largest absolute Gasteiger partial charge is 0.208 e. The third-order valence-electron chi connectivity index (χ3n) is 12.0. The lowest BCUT2D eigenvalue weighted by Crippen LogP contribution is -2.00. The second-order valence-electron chi connectivity index (χ2n) is 15.5. The maximum atomic E-state index is 9.37. The highest BCUT2D eigenvalue weighted by molar-refractivity contribution is 6.37. The topological polar surface area (TPSA) is 62.5 Å². The van der Waals surface area contributed by atoms with Crippen LogP contribution in [0.15, 0.2) is 194 Å². The molecule has 60 heavy (non-hydrogen) atoms. The van der Waals surface area contributed by atoms with Crippen molar-refractivity contribution in [2.45, 2.75) is 0 Å². The van der Waals surface area contributed by atoms with E-state index in [1.54, 1.807) is 12.1 Å². The molecule has 276 valence electrons. The summed E-state index contributed by atoms with van der Waals surface area (Å²) in [5.74, 6) is 1.74. The van der Waals surface area contributed by atoms with Crippen LogP contribution in [-0.2, 0) is 0 Å². The van der Waals surface area contributed by atoms with Gasteiger partial charge in [-0.05, 0) is 129 Å². The normalized spacial score (nSPS) is 11.7. The van der Waals surface area contributed by atoms with Gasteiger partial charge in [-0.3, -0.25) is 0 Å². The van der Waals surface area contributed by atoms with Crippen molar-refractivity contribution in [3.8, 4) is 62.5 Å². The van der Waals surface area contributed by atoms with Crippen LogP contribution < -0.4 is 0 Å². The predicted molar refractivity (Wildman–Crippen MR) is 248 cm³/mol. The minimum atomic E-state index is 0.556. The standard InChI is InChI=1S/C56H32N4/c57-33-34-18-20-41(21-19-34)55-58-54(40-8-2-1-3-9-40)59-56(60-55)44-14-4-13-42(30-44)35-22-24-36(25-23-35)45-31-43-29-28-39-11-6-16-47-46-15-5-10-37-26-27-38-12-7-17-48(52(38)50(37)46)49(32-45)53(43)51(39)47/h1-32H. The average molecular weight is 761 g/mol. The van der Waals surface area contributed by atoms with Gasteiger partial charge in [0.1, 0.15) is 0 Å². The van der Waals surface area contributed by atoms with Crippen LogP contribution in [0.25, 0.3) is 121 Å². The van der Waals surface area contributed by atoms with E-state index in [1.165, 1.54) is 70.2 Å². The molecule has 0 radical (unpaired) electrons. The second kappa shape index (κ2) is 13.4. The Kier molecular flexibility index (Phi) is 7.57. The molecule has 0 N–H and O–H groups in total. The summed E-state index contributed by atoms with van der Waals surface area (Å²) in [5, 5.41) is 24.7. The highest BCUT2D eigenvalue weighted by Crippen LogP contribution is 2.44. The van der Waals surface area contributed by atoms with Crippen LogP contribution in [0, 0.1) is 11.3 Å². The Morgan fingerprint density at radius 3 is 1.30 bits per heavy atom. The molecule has 4 nitrogen and oxygen atoms in total. The smallest absolute Gasteiger partial charge is 0.164 e. The van der Waals surface area contributed by atoms with Crippen molar-refractivity contribution in [2.75, 3.05) is 0 Å². The van der Waals surface area contributed by atoms with Gasteiger partial charge in [0.15, 0.2) is 17.5 Å². The van der Waals surface area contributed by atoms with Gasteiger partial charge in [-0.15, -0.1) is 0 Å². The van der Waals surface area contributed by atoms with Gasteiger partial charge in [0, 0.05) is 16.7 Å². The summed E-state index contributed by atoms with van der Waals surface area (Å²) in [6.45, 7) is 0. The van der Waals surface area contributed by atoms with E-state index in [0.29, 0.717) is 23.0 Å². The van der Waals surface area contributed by atoms with Crippen molar-refractivity contribution < 1.29 is 0 Å². The van der Waals surface area contributed by atoms with E-state index in [9.17, 15) is 5.26 Å². The third kappa shape index (κ3) is 5.41. The van der Waals surface area contributed by atoms with Crippen LogP contribution >= 0.6 is 0 Å². The lowest BCUT2D eigenvalue weighted by molar-refractivity contribution is 1.07. The Morgan fingerprint density at radius 1 is 0.283 bits per heavy atom. The van der Waals surface area contributed by atoms with Crippen LogP contribution in [0.4, 0.5) is 0 Å². The van der Waals surface area contributed by atoms with Crippen molar-refractivity contribution in [1.82, 2.24) is 15.0 Å². The van der Waals surface area contributed by atoms with E-state index < -0.39 is 0 Å². The van der Waals surface area contributed by atoms with Crippen molar-refractivity contribution in [3.05, 3.63) is 200 Å². The molecule has 12 aromatic rings. The van der Waals surface area contributed by atoms with E-state index >= 15 is 0 Å². The fraction of sp³-hybridized carbons (Fsp3) is 0. The van der Waals surface area contributed by atoms with Crippen LogP contribution in [0.1, 0.15) is 5.56 Å². The molecule has 0 spiro atoms. The van der Waals surface area contributed by atoms with Crippen molar-refractivity contribution >= 4 is 64.6 Å². The third-order valence-corrected chi connectivity index (χ3v) is 12.0. The summed E-state index contributed by atoms with van der Waals surface area (Å²) in [6.07, 6.45) is 0. The quantitative estimate of drug-likeness (QED) is 0.164. The molecule has 4 heteroatoms. The van der Waals surface area contributed by atoms with Gasteiger partial charge in [-0.1, -0.05) is 152 Å². The number of nitrogens with zero attached hydrogens (tertiary/aromatic N) is 4. The molecule has 1 heterocycles. The minimum absolute atomic E-state index is 0.556. The van der Waals surface area contributed by atoms with E-state index in [0.717, 1.165) is 33.4 Å². The maximum Gasteiger partial charge on any atom is 0.164 e. The molecular formula is C56H32N4. The van der Waals surface area contributed by atoms with Gasteiger partial charge >= 0.3 is 0 Å². The van der Waals surface area contributed by atoms with Gasteiger partial charge in [0.05, 0.1) is 11.6 Å². The zero-order valence-corrected chi connectivity index (χ0v) is 32.3. The molecule has 1 aromatic heterocycles. The first-order valence-corrected chi connectivity index (χ1v) is 20.1. The molecule has 0 fully saturated rings. The Hall–Kier alpha value is -8.26. The van der Waals surface area contributed by atoms with Crippen molar-refractivity contribution in [3.63, 3.8) is 0 Å². The fourth-order valence-electron chi connectivity index (χ4n) is 9.19. The Labute approximate surface area is 345 Å². The molecular weight excluding hydrogens is 729 g/mol. The molecule has 0 aliphatic heterocycles. The van der Waals surface area contributed by atoms with Crippen LogP contribution in [-0.4, -0.2) is 15.0 Å². The highest BCUT2D eigenvalue weighted by atomic mass is 15.0. The lowest BCUT2D eigenvalue weighted by atomic mass is 9.86. The van der Waals surface area contributed by atoms with Crippen molar-refractivity contribution in [1.29, 1.82) is 5.26 Å². The number of hydrogen-bond acceptors (Lipinski definition) is 4.